The molecular weight excluding hydrogens is 221 g/mol. The smallest absolute Gasteiger partial charge is 0.133 e. The molecule has 0 aromatic heterocycles. The van der Waals surface area contributed by atoms with Crippen molar-refractivity contribution in [2.24, 2.45) is 0 Å². The molecule has 17 heavy (non-hydrogen) atoms. The number of rotatable bonds is 1. The molecular formula is C13H8FNO2. The average Bonchev–Trinajstić information content (AvgIpc) is 2.33. The van der Waals surface area contributed by atoms with Crippen molar-refractivity contribution in [2.75, 3.05) is 0 Å². The van der Waals surface area contributed by atoms with Crippen molar-refractivity contribution in [3.05, 3.63) is 47.8 Å². The number of benzene rings is 2. The predicted octanol–water partition coefficient (Wildman–Crippen LogP) is 2.78. The fourth-order valence-electron chi connectivity index (χ4n) is 1.53. The van der Waals surface area contributed by atoms with Crippen molar-refractivity contribution in [3.63, 3.8) is 0 Å². The van der Waals surface area contributed by atoms with Crippen molar-refractivity contribution in [2.45, 2.75) is 0 Å². The third kappa shape index (κ3) is 2.04. The summed E-state index contributed by atoms with van der Waals surface area (Å²) in [6, 6.07) is 9.60. The molecule has 0 aliphatic rings. The van der Waals surface area contributed by atoms with E-state index in [-0.39, 0.29) is 22.6 Å². The van der Waals surface area contributed by atoms with Gasteiger partial charge in [0, 0.05) is 5.56 Å². The lowest BCUT2D eigenvalue weighted by molar-refractivity contribution is 0.472. The number of nitrogens with zero attached hydrogens (tertiary/aromatic N) is 1. The minimum Gasteiger partial charge on any atom is -0.507 e. The molecule has 3 nitrogen and oxygen atoms in total. The largest absolute Gasteiger partial charge is 0.507 e. The van der Waals surface area contributed by atoms with Crippen LogP contribution in [0.2, 0.25) is 0 Å². The number of nitriles is 1. The third-order valence-electron chi connectivity index (χ3n) is 2.39. The Morgan fingerprint density at radius 3 is 2.41 bits per heavy atom. The van der Waals surface area contributed by atoms with Crippen molar-refractivity contribution in [1.82, 2.24) is 0 Å². The summed E-state index contributed by atoms with van der Waals surface area (Å²) in [4.78, 5) is 0. The molecule has 2 rings (SSSR count). The summed E-state index contributed by atoms with van der Waals surface area (Å²) in [5.74, 6) is -0.711. The minimum atomic E-state index is -0.482. The fraction of sp³-hybridized carbons (Fsp3) is 0. The number of aromatic hydroxyl groups is 2. The van der Waals surface area contributed by atoms with Crippen LogP contribution in [0.25, 0.3) is 11.1 Å². The first-order valence-electron chi connectivity index (χ1n) is 4.84. The molecule has 4 heteroatoms. The van der Waals surface area contributed by atoms with E-state index >= 15 is 0 Å². The van der Waals surface area contributed by atoms with E-state index < -0.39 is 5.82 Å². The highest BCUT2D eigenvalue weighted by Crippen LogP contribution is 2.32. The molecule has 0 heterocycles. The zero-order valence-corrected chi connectivity index (χ0v) is 8.68. The second-order valence-electron chi connectivity index (χ2n) is 3.51. The third-order valence-corrected chi connectivity index (χ3v) is 2.39. The second-order valence-corrected chi connectivity index (χ2v) is 3.51. The lowest BCUT2D eigenvalue weighted by Crippen LogP contribution is -1.84. The molecule has 0 unspecified atom stereocenters. The summed E-state index contributed by atoms with van der Waals surface area (Å²) in [7, 11) is 0. The summed E-state index contributed by atoms with van der Waals surface area (Å²) in [6.07, 6.45) is 0. The van der Waals surface area contributed by atoms with Gasteiger partial charge in [-0.2, -0.15) is 5.26 Å². The highest BCUT2D eigenvalue weighted by molar-refractivity contribution is 5.72. The number of phenolic OH excluding ortho intramolecular Hbond substituents is 2. The summed E-state index contributed by atoms with van der Waals surface area (Å²) in [6.45, 7) is 0. The maximum atomic E-state index is 13.1. The lowest BCUT2D eigenvalue weighted by Gasteiger charge is -2.06. The predicted molar refractivity (Wildman–Crippen MR) is 59.9 cm³/mol. The topological polar surface area (TPSA) is 64.2 Å². The van der Waals surface area contributed by atoms with Gasteiger partial charge >= 0.3 is 0 Å². The molecule has 0 saturated heterocycles. The standard InChI is InChI=1S/C13H8FNO2/c14-10-2-4-13(17)11(6-10)8-1-3-12(16)9(5-8)7-15/h1-6,16-17H. The Morgan fingerprint density at radius 2 is 1.71 bits per heavy atom. The summed E-state index contributed by atoms with van der Waals surface area (Å²) in [5, 5.41) is 27.7. The summed E-state index contributed by atoms with van der Waals surface area (Å²) in [5.41, 5.74) is 0.823. The van der Waals surface area contributed by atoms with Gasteiger partial charge in [-0.25, -0.2) is 4.39 Å². The molecule has 0 bridgehead atoms. The normalized spacial score (nSPS) is 9.88. The Morgan fingerprint density at radius 1 is 1.00 bits per heavy atom. The van der Waals surface area contributed by atoms with Crippen molar-refractivity contribution < 1.29 is 14.6 Å². The Bertz CT molecular complexity index is 617. The maximum Gasteiger partial charge on any atom is 0.133 e. The molecule has 2 aromatic carbocycles. The van der Waals surface area contributed by atoms with E-state index in [0.29, 0.717) is 5.56 Å². The van der Waals surface area contributed by atoms with E-state index in [9.17, 15) is 14.6 Å². The van der Waals surface area contributed by atoms with Crippen molar-refractivity contribution >= 4 is 0 Å². The van der Waals surface area contributed by atoms with Gasteiger partial charge in [0.1, 0.15) is 23.4 Å². The van der Waals surface area contributed by atoms with Gasteiger partial charge in [-0.1, -0.05) is 6.07 Å². The molecule has 0 spiro atoms. The molecule has 0 aliphatic carbocycles. The van der Waals surface area contributed by atoms with Crippen LogP contribution in [0.5, 0.6) is 11.5 Å². The van der Waals surface area contributed by atoms with E-state index in [1.165, 1.54) is 30.3 Å². The summed E-state index contributed by atoms with van der Waals surface area (Å²) >= 11 is 0. The van der Waals surface area contributed by atoms with Gasteiger partial charge in [0.05, 0.1) is 5.56 Å². The van der Waals surface area contributed by atoms with Crippen LogP contribution in [0.1, 0.15) is 5.56 Å². The van der Waals surface area contributed by atoms with Gasteiger partial charge in [0.15, 0.2) is 0 Å². The first kappa shape index (κ1) is 11.0. The van der Waals surface area contributed by atoms with E-state index in [4.69, 9.17) is 5.26 Å². The van der Waals surface area contributed by atoms with Crippen LogP contribution in [-0.4, -0.2) is 10.2 Å². The van der Waals surface area contributed by atoms with Crippen molar-refractivity contribution in [1.29, 1.82) is 5.26 Å². The van der Waals surface area contributed by atoms with Gasteiger partial charge in [0.25, 0.3) is 0 Å². The SMILES string of the molecule is N#Cc1cc(-c2cc(F)ccc2O)ccc1O. The van der Waals surface area contributed by atoms with Crippen LogP contribution in [0.3, 0.4) is 0 Å². The van der Waals surface area contributed by atoms with Crippen LogP contribution >= 0.6 is 0 Å². The monoisotopic (exact) mass is 229 g/mol. The molecule has 2 aromatic rings. The van der Waals surface area contributed by atoms with E-state index in [0.717, 1.165) is 6.07 Å². The highest BCUT2D eigenvalue weighted by atomic mass is 19.1. The zero-order valence-electron chi connectivity index (χ0n) is 8.68. The number of phenols is 2. The first-order valence-corrected chi connectivity index (χ1v) is 4.84. The molecule has 0 atom stereocenters. The molecule has 0 aliphatic heterocycles. The van der Waals surface area contributed by atoms with Crippen LogP contribution < -0.4 is 0 Å². The molecule has 0 amide bonds. The van der Waals surface area contributed by atoms with Gasteiger partial charge in [0.2, 0.25) is 0 Å². The van der Waals surface area contributed by atoms with Gasteiger partial charge in [-0.15, -0.1) is 0 Å². The minimum absolute atomic E-state index is 0.0751. The van der Waals surface area contributed by atoms with Gasteiger partial charge in [-0.3, -0.25) is 0 Å². The molecule has 84 valence electrons. The highest BCUT2D eigenvalue weighted by Gasteiger charge is 2.08. The Kier molecular flexibility index (Phi) is 2.67. The van der Waals surface area contributed by atoms with Crippen LogP contribution in [-0.2, 0) is 0 Å². The fourth-order valence-corrected chi connectivity index (χ4v) is 1.53. The van der Waals surface area contributed by atoms with E-state index in [1.54, 1.807) is 0 Å². The lowest BCUT2D eigenvalue weighted by atomic mass is 10.0. The molecule has 0 saturated carbocycles. The van der Waals surface area contributed by atoms with Crippen LogP contribution in [0, 0.1) is 17.1 Å². The van der Waals surface area contributed by atoms with Crippen LogP contribution in [0.15, 0.2) is 36.4 Å². The first-order chi connectivity index (χ1) is 8.11. The molecule has 0 fully saturated rings. The molecule has 2 N–H and O–H groups in total. The van der Waals surface area contributed by atoms with Gasteiger partial charge in [-0.05, 0) is 35.9 Å². The Hall–Kier alpha value is -2.54. The van der Waals surface area contributed by atoms with E-state index in [2.05, 4.69) is 0 Å². The zero-order chi connectivity index (χ0) is 12.4. The second kappa shape index (κ2) is 4.14. The average molecular weight is 229 g/mol. The van der Waals surface area contributed by atoms with Crippen LogP contribution in [0.4, 0.5) is 4.39 Å². The van der Waals surface area contributed by atoms with E-state index in [1.807, 2.05) is 6.07 Å². The quantitative estimate of drug-likeness (QED) is 0.790. The maximum absolute atomic E-state index is 13.1. The Balaban J connectivity index is 2.61. The number of halogens is 1. The molecule has 0 radical (unpaired) electrons. The number of hydrogen-bond acceptors (Lipinski definition) is 3. The number of hydrogen-bond donors (Lipinski definition) is 2. The summed E-state index contributed by atoms with van der Waals surface area (Å²) < 4.78 is 13.1. The van der Waals surface area contributed by atoms with Crippen molar-refractivity contribution in [3.8, 4) is 28.7 Å². The van der Waals surface area contributed by atoms with Gasteiger partial charge < -0.3 is 10.2 Å². The Labute approximate surface area is 97.0 Å².